The molecule has 0 atom stereocenters. The van der Waals surface area contributed by atoms with E-state index < -0.39 is 15.7 Å². The highest BCUT2D eigenvalue weighted by Crippen LogP contribution is 2.17. The van der Waals surface area contributed by atoms with Gasteiger partial charge in [-0.15, -0.1) is 0 Å². The lowest BCUT2D eigenvalue weighted by molar-refractivity contribution is 0.558. The van der Waals surface area contributed by atoms with E-state index in [1.807, 2.05) is 0 Å². The van der Waals surface area contributed by atoms with E-state index in [1.54, 1.807) is 6.07 Å². The summed E-state index contributed by atoms with van der Waals surface area (Å²) in [5.74, 6) is -0.602. The van der Waals surface area contributed by atoms with Gasteiger partial charge >= 0.3 is 0 Å². The van der Waals surface area contributed by atoms with Crippen LogP contribution in [0.15, 0.2) is 29.2 Å². The fourth-order valence-corrected chi connectivity index (χ4v) is 3.69. The molecule has 0 unspecified atom stereocenters. The minimum atomic E-state index is -3.47. The van der Waals surface area contributed by atoms with E-state index in [0.717, 1.165) is 12.8 Å². The van der Waals surface area contributed by atoms with Crippen molar-refractivity contribution >= 4 is 9.84 Å². The van der Waals surface area contributed by atoms with E-state index in [9.17, 15) is 12.8 Å². The molecule has 0 aliphatic heterocycles. The quantitative estimate of drug-likeness (QED) is 0.585. The molecule has 0 radical (unpaired) electrons. The number of sulfone groups is 1. The predicted molar refractivity (Wildman–Crippen MR) is 81.1 cm³/mol. The summed E-state index contributed by atoms with van der Waals surface area (Å²) in [5.41, 5.74) is 0. The van der Waals surface area contributed by atoms with Crippen LogP contribution in [-0.2, 0) is 9.84 Å². The van der Waals surface area contributed by atoms with Crippen molar-refractivity contribution in [2.24, 2.45) is 0 Å². The third-order valence-corrected chi connectivity index (χ3v) is 5.27. The van der Waals surface area contributed by atoms with Crippen LogP contribution in [0.4, 0.5) is 4.39 Å². The van der Waals surface area contributed by atoms with E-state index >= 15 is 0 Å². The van der Waals surface area contributed by atoms with E-state index in [-0.39, 0.29) is 10.6 Å². The predicted octanol–water partition coefficient (Wildman–Crippen LogP) is 4.74. The second kappa shape index (κ2) is 9.11. The van der Waals surface area contributed by atoms with Crippen LogP contribution in [0.5, 0.6) is 0 Å². The zero-order chi connectivity index (χ0) is 14.8. The molecule has 0 N–H and O–H groups in total. The lowest BCUT2D eigenvalue weighted by Crippen LogP contribution is -2.08. The van der Waals surface area contributed by atoms with Crippen molar-refractivity contribution < 1.29 is 12.8 Å². The highest BCUT2D eigenvalue weighted by molar-refractivity contribution is 7.91. The van der Waals surface area contributed by atoms with Crippen molar-refractivity contribution in [3.63, 3.8) is 0 Å². The Kier molecular flexibility index (Phi) is 7.82. The van der Waals surface area contributed by atoms with E-state index in [0.29, 0.717) is 6.42 Å². The van der Waals surface area contributed by atoms with Crippen molar-refractivity contribution in [3.8, 4) is 0 Å². The second-order valence-corrected chi connectivity index (χ2v) is 7.30. The zero-order valence-corrected chi connectivity index (χ0v) is 13.1. The first-order valence-corrected chi connectivity index (χ1v) is 9.20. The molecule has 114 valence electrons. The minimum absolute atomic E-state index is 0.0445. The maximum Gasteiger partial charge on any atom is 0.181 e. The number of rotatable bonds is 10. The normalized spacial score (nSPS) is 11.7. The van der Waals surface area contributed by atoms with Crippen LogP contribution in [0.2, 0.25) is 0 Å². The maximum absolute atomic E-state index is 13.5. The van der Waals surface area contributed by atoms with Gasteiger partial charge in [-0.3, -0.25) is 0 Å². The Morgan fingerprint density at radius 1 is 0.900 bits per heavy atom. The molecule has 0 aliphatic rings. The van der Waals surface area contributed by atoms with Crippen LogP contribution in [0.25, 0.3) is 0 Å². The van der Waals surface area contributed by atoms with Crippen molar-refractivity contribution in [2.45, 2.75) is 63.2 Å². The van der Waals surface area contributed by atoms with Gasteiger partial charge in [0.25, 0.3) is 0 Å². The average Bonchev–Trinajstić information content (AvgIpc) is 2.42. The summed E-state index contributed by atoms with van der Waals surface area (Å²) in [5, 5.41) is 0. The van der Waals surface area contributed by atoms with Crippen LogP contribution in [0.3, 0.4) is 0 Å². The summed E-state index contributed by atoms with van der Waals surface area (Å²) < 4.78 is 37.4. The van der Waals surface area contributed by atoms with Gasteiger partial charge in [-0.25, -0.2) is 12.8 Å². The van der Waals surface area contributed by atoms with Gasteiger partial charge in [-0.1, -0.05) is 64.0 Å². The molecular weight excluding hydrogens is 275 g/mol. The largest absolute Gasteiger partial charge is 0.224 e. The Balaban J connectivity index is 2.26. The molecule has 0 heterocycles. The van der Waals surface area contributed by atoms with E-state index in [4.69, 9.17) is 0 Å². The fourth-order valence-electron chi connectivity index (χ4n) is 2.23. The Morgan fingerprint density at radius 3 is 2.05 bits per heavy atom. The van der Waals surface area contributed by atoms with Crippen molar-refractivity contribution in [3.05, 3.63) is 30.1 Å². The third-order valence-electron chi connectivity index (χ3n) is 3.44. The van der Waals surface area contributed by atoms with Gasteiger partial charge in [-0.05, 0) is 18.6 Å². The van der Waals surface area contributed by atoms with Crippen LogP contribution in [-0.4, -0.2) is 14.2 Å². The van der Waals surface area contributed by atoms with Crippen molar-refractivity contribution in [2.75, 3.05) is 5.75 Å². The molecule has 20 heavy (non-hydrogen) atoms. The first kappa shape index (κ1) is 17.2. The molecule has 0 aromatic heterocycles. The summed E-state index contributed by atoms with van der Waals surface area (Å²) >= 11 is 0. The standard InChI is InChI=1S/C16H25FO2S/c1-2-3-4-5-6-7-8-11-14-20(18,19)16-13-10-9-12-15(16)17/h9-10,12-13H,2-8,11,14H2,1H3. The second-order valence-electron chi connectivity index (χ2n) is 5.22. The maximum atomic E-state index is 13.5. The molecule has 0 aliphatic carbocycles. The molecule has 0 fully saturated rings. The molecule has 0 saturated carbocycles. The Hall–Kier alpha value is -0.900. The van der Waals surface area contributed by atoms with E-state index in [1.165, 1.54) is 50.3 Å². The van der Waals surface area contributed by atoms with Gasteiger partial charge < -0.3 is 0 Å². The molecule has 1 aromatic carbocycles. The lowest BCUT2D eigenvalue weighted by atomic mass is 10.1. The highest BCUT2D eigenvalue weighted by atomic mass is 32.2. The molecular formula is C16H25FO2S. The van der Waals surface area contributed by atoms with Gasteiger partial charge in [0.2, 0.25) is 0 Å². The molecule has 2 nitrogen and oxygen atoms in total. The first-order chi connectivity index (χ1) is 9.58. The topological polar surface area (TPSA) is 34.1 Å². The summed E-state index contributed by atoms with van der Waals surface area (Å²) in [6, 6.07) is 5.60. The first-order valence-electron chi connectivity index (χ1n) is 7.55. The smallest absolute Gasteiger partial charge is 0.181 e. The average molecular weight is 300 g/mol. The number of unbranched alkanes of at least 4 members (excludes halogenated alkanes) is 7. The molecule has 4 heteroatoms. The summed E-state index contributed by atoms with van der Waals surface area (Å²) in [6.45, 7) is 2.19. The van der Waals surface area contributed by atoms with Gasteiger partial charge in [0.1, 0.15) is 10.7 Å². The number of hydrogen-bond acceptors (Lipinski definition) is 2. The van der Waals surface area contributed by atoms with Crippen molar-refractivity contribution in [1.29, 1.82) is 0 Å². The van der Waals surface area contributed by atoms with Gasteiger partial charge in [0, 0.05) is 0 Å². The van der Waals surface area contributed by atoms with Gasteiger partial charge in [0.15, 0.2) is 9.84 Å². The fraction of sp³-hybridized carbons (Fsp3) is 0.625. The Morgan fingerprint density at radius 2 is 1.45 bits per heavy atom. The molecule has 1 rings (SSSR count). The lowest BCUT2D eigenvalue weighted by Gasteiger charge is -2.05. The summed E-state index contributed by atoms with van der Waals surface area (Å²) in [7, 11) is -3.47. The highest BCUT2D eigenvalue weighted by Gasteiger charge is 2.17. The number of hydrogen-bond donors (Lipinski definition) is 0. The van der Waals surface area contributed by atoms with Crippen LogP contribution >= 0.6 is 0 Å². The monoisotopic (exact) mass is 300 g/mol. The summed E-state index contributed by atoms with van der Waals surface area (Å²) in [4.78, 5) is -0.164. The molecule has 1 aromatic rings. The molecule has 0 saturated heterocycles. The molecule has 0 spiro atoms. The zero-order valence-electron chi connectivity index (χ0n) is 12.3. The number of benzene rings is 1. The van der Waals surface area contributed by atoms with Gasteiger partial charge in [0.05, 0.1) is 5.75 Å². The molecule has 0 bridgehead atoms. The SMILES string of the molecule is CCCCCCCCCCS(=O)(=O)c1ccccc1F. The van der Waals surface area contributed by atoms with Crippen LogP contribution < -0.4 is 0 Å². The Bertz CT molecular complexity index is 483. The minimum Gasteiger partial charge on any atom is -0.224 e. The van der Waals surface area contributed by atoms with Crippen molar-refractivity contribution in [1.82, 2.24) is 0 Å². The number of halogens is 1. The van der Waals surface area contributed by atoms with Gasteiger partial charge in [-0.2, -0.15) is 0 Å². The third kappa shape index (κ3) is 6.04. The van der Waals surface area contributed by atoms with E-state index in [2.05, 4.69) is 6.92 Å². The molecule has 0 amide bonds. The Labute approximate surface area is 122 Å². The van der Waals surface area contributed by atoms with Crippen LogP contribution in [0.1, 0.15) is 58.3 Å². The summed E-state index contributed by atoms with van der Waals surface area (Å²) in [6.07, 6.45) is 8.76. The van der Waals surface area contributed by atoms with Crippen LogP contribution in [0, 0.1) is 5.82 Å².